The number of hydrogen-bond donors (Lipinski definition) is 7. The highest BCUT2D eigenvalue weighted by atomic mass is 16.7. The molecule has 0 aromatic heterocycles. The average Bonchev–Trinajstić information content (AvgIpc) is 2.63. The Morgan fingerprint density at radius 1 is 1.07 bits per heavy atom. The van der Waals surface area contributed by atoms with Crippen LogP contribution in [0.1, 0.15) is 40.5 Å². The molecule has 164 valence electrons. The van der Waals surface area contributed by atoms with E-state index in [1.54, 1.807) is 20.8 Å². The predicted molar refractivity (Wildman–Crippen MR) is 98.0 cm³/mol. The van der Waals surface area contributed by atoms with E-state index < -0.39 is 66.1 Å². The Hall–Kier alpha value is -0.620. The van der Waals surface area contributed by atoms with Crippen molar-refractivity contribution in [3.8, 4) is 0 Å². The maximum atomic E-state index is 10.9. The smallest absolute Gasteiger partial charge is 0.187 e. The summed E-state index contributed by atoms with van der Waals surface area (Å²) in [5.74, 6) is 0. The van der Waals surface area contributed by atoms with E-state index >= 15 is 0 Å². The Morgan fingerprint density at radius 3 is 2.21 bits per heavy atom. The average molecular weight is 406 g/mol. The van der Waals surface area contributed by atoms with Gasteiger partial charge in [0.1, 0.15) is 30.0 Å². The molecule has 1 saturated heterocycles. The SMILES string of the molecule is CC(O)C=CC1(O)CCC(C)(OC2OC(CO)C(O)C(O)C2O)C(C)(C)C1O. The summed E-state index contributed by atoms with van der Waals surface area (Å²) < 4.78 is 11.4. The number of aliphatic hydroxyl groups is 7. The molecule has 9 unspecified atom stereocenters. The number of aliphatic hydroxyl groups excluding tert-OH is 6. The first kappa shape index (κ1) is 23.7. The third-order valence-electron chi connectivity index (χ3n) is 6.41. The van der Waals surface area contributed by atoms with Gasteiger partial charge in [0.15, 0.2) is 6.29 Å². The molecule has 2 rings (SSSR count). The Labute approximate surface area is 164 Å². The summed E-state index contributed by atoms with van der Waals surface area (Å²) in [6.07, 6.45) is -5.93. The molecule has 0 aromatic carbocycles. The lowest BCUT2D eigenvalue weighted by Gasteiger charge is -2.57. The molecule has 28 heavy (non-hydrogen) atoms. The zero-order valence-electron chi connectivity index (χ0n) is 16.8. The van der Waals surface area contributed by atoms with Gasteiger partial charge in [-0.15, -0.1) is 0 Å². The molecule has 2 aliphatic rings. The highest BCUT2D eigenvalue weighted by Crippen LogP contribution is 2.51. The Kier molecular flexibility index (Phi) is 6.97. The molecule has 2 fully saturated rings. The Balaban J connectivity index is 2.24. The van der Waals surface area contributed by atoms with Crippen LogP contribution in [0.2, 0.25) is 0 Å². The quantitative estimate of drug-likeness (QED) is 0.267. The van der Waals surface area contributed by atoms with Crippen LogP contribution in [0.4, 0.5) is 0 Å². The molecule has 9 nitrogen and oxygen atoms in total. The van der Waals surface area contributed by atoms with Crippen LogP contribution in [0.3, 0.4) is 0 Å². The van der Waals surface area contributed by atoms with E-state index in [1.807, 2.05) is 0 Å². The minimum absolute atomic E-state index is 0.120. The van der Waals surface area contributed by atoms with Gasteiger partial charge in [0.2, 0.25) is 0 Å². The fourth-order valence-corrected chi connectivity index (χ4v) is 3.92. The van der Waals surface area contributed by atoms with Gasteiger partial charge in [-0.2, -0.15) is 0 Å². The zero-order chi connectivity index (χ0) is 21.5. The minimum atomic E-state index is -1.57. The molecule has 1 saturated carbocycles. The number of ether oxygens (including phenoxy) is 2. The van der Waals surface area contributed by atoms with Crippen molar-refractivity contribution < 1.29 is 45.2 Å². The topological polar surface area (TPSA) is 160 Å². The van der Waals surface area contributed by atoms with E-state index in [9.17, 15) is 35.7 Å². The van der Waals surface area contributed by atoms with Gasteiger partial charge in [0.05, 0.1) is 24.4 Å². The summed E-state index contributed by atoms with van der Waals surface area (Å²) in [4.78, 5) is 0. The predicted octanol–water partition coefficient (Wildman–Crippen LogP) is -1.59. The maximum absolute atomic E-state index is 10.9. The van der Waals surface area contributed by atoms with Gasteiger partial charge in [-0.05, 0) is 26.7 Å². The van der Waals surface area contributed by atoms with Crippen molar-refractivity contribution in [2.45, 2.75) is 94.7 Å². The number of rotatable bonds is 5. The van der Waals surface area contributed by atoms with E-state index in [0.717, 1.165) is 0 Å². The van der Waals surface area contributed by atoms with Crippen LogP contribution in [0.5, 0.6) is 0 Å². The van der Waals surface area contributed by atoms with E-state index in [1.165, 1.54) is 19.1 Å². The highest BCUT2D eigenvalue weighted by Gasteiger charge is 2.59. The van der Waals surface area contributed by atoms with Crippen LogP contribution < -0.4 is 0 Å². The molecule has 9 heteroatoms. The lowest BCUT2D eigenvalue weighted by Crippen LogP contribution is -2.67. The van der Waals surface area contributed by atoms with Gasteiger partial charge >= 0.3 is 0 Å². The lowest BCUT2D eigenvalue weighted by molar-refractivity contribution is -0.351. The molecule has 0 amide bonds. The van der Waals surface area contributed by atoms with Crippen molar-refractivity contribution in [3.63, 3.8) is 0 Å². The van der Waals surface area contributed by atoms with Crippen LogP contribution in [-0.2, 0) is 9.47 Å². The fourth-order valence-electron chi connectivity index (χ4n) is 3.92. The molecule has 1 aliphatic carbocycles. The molecule has 1 heterocycles. The monoisotopic (exact) mass is 406 g/mol. The van der Waals surface area contributed by atoms with Gasteiger partial charge in [0.25, 0.3) is 0 Å². The van der Waals surface area contributed by atoms with Crippen molar-refractivity contribution in [2.24, 2.45) is 5.41 Å². The summed E-state index contributed by atoms with van der Waals surface area (Å²) in [6, 6.07) is 0. The minimum Gasteiger partial charge on any atom is -0.394 e. The summed E-state index contributed by atoms with van der Waals surface area (Å²) >= 11 is 0. The van der Waals surface area contributed by atoms with Crippen molar-refractivity contribution in [1.29, 1.82) is 0 Å². The lowest BCUT2D eigenvalue weighted by atomic mass is 9.59. The van der Waals surface area contributed by atoms with Crippen molar-refractivity contribution in [1.82, 2.24) is 0 Å². The van der Waals surface area contributed by atoms with Crippen molar-refractivity contribution >= 4 is 0 Å². The van der Waals surface area contributed by atoms with Crippen molar-refractivity contribution in [2.75, 3.05) is 6.61 Å². The first-order chi connectivity index (χ1) is 12.8. The summed E-state index contributed by atoms with van der Waals surface area (Å²) in [5, 5.41) is 70.7. The first-order valence-electron chi connectivity index (χ1n) is 9.55. The summed E-state index contributed by atoms with van der Waals surface area (Å²) in [5.41, 5.74) is -3.68. The van der Waals surface area contributed by atoms with Gasteiger partial charge in [-0.25, -0.2) is 0 Å². The van der Waals surface area contributed by atoms with Gasteiger partial charge < -0.3 is 45.2 Å². The molecule has 1 aliphatic heterocycles. The maximum Gasteiger partial charge on any atom is 0.187 e. The van der Waals surface area contributed by atoms with Gasteiger partial charge in [0, 0.05) is 5.41 Å². The molecule has 0 spiro atoms. The molecular weight excluding hydrogens is 372 g/mol. The van der Waals surface area contributed by atoms with E-state index in [0.29, 0.717) is 0 Å². The van der Waals surface area contributed by atoms with Crippen LogP contribution in [-0.4, -0.2) is 96.5 Å². The second-order valence-electron chi connectivity index (χ2n) is 8.76. The van der Waals surface area contributed by atoms with E-state index in [2.05, 4.69) is 0 Å². The van der Waals surface area contributed by atoms with E-state index in [4.69, 9.17) is 9.47 Å². The third-order valence-corrected chi connectivity index (χ3v) is 6.41. The number of hydrogen-bond acceptors (Lipinski definition) is 9. The standard InChI is InChI=1S/C19H34O9/c1-10(21)5-6-19(26)8-7-18(4,17(2,3)16(19)25)28-15-14(24)13(23)12(22)11(9-20)27-15/h5-6,10-16,20-26H,7-9H2,1-4H3. The van der Waals surface area contributed by atoms with Crippen LogP contribution >= 0.6 is 0 Å². The van der Waals surface area contributed by atoms with Gasteiger partial charge in [-0.3, -0.25) is 0 Å². The van der Waals surface area contributed by atoms with E-state index in [-0.39, 0.29) is 12.8 Å². The Bertz CT molecular complexity index is 564. The van der Waals surface area contributed by atoms with Crippen LogP contribution in [0, 0.1) is 5.41 Å². The summed E-state index contributed by atoms with van der Waals surface area (Å²) in [6.45, 7) is 6.06. The molecule has 0 aromatic rings. The van der Waals surface area contributed by atoms with Crippen LogP contribution in [0.15, 0.2) is 12.2 Å². The highest BCUT2D eigenvalue weighted by molar-refractivity contribution is 5.17. The Morgan fingerprint density at radius 2 is 1.68 bits per heavy atom. The second-order valence-corrected chi connectivity index (χ2v) is 8.76. The van der Waals surface area contributed by atoms with Crippen molar-refractivity contribution in [3.05, 3.63) is 12.2 Å². The molecule has 0 radical (unpaired) electrons. The molecule has 9 atom stereocenters. The molecule has 0 bridgehead atoms. The third kappa shape index (κ3) is 4.14. The fraction of sp³-hybridized carbons (Fsp3) is 0.895. The summed E-state index contributed by atoms with van der Waals surface area (Å²) in [7, 11) is 0. The largest absolute Gasteiger partial charge is 0.394 e. The first-order valence-corrected chi connectivity index (χ1v) is 9.55. The molecular formula is C19H34O9. The zero-order valence-corrected chi connectivity index (χ0v) is 16.8. The molecule has 7 N–H and O–H groups in total. The second kappa shape index (κ2) is 8.25. The van der Waals surface area contributed by atoms with Gasteiger partial charge in [-0.1, -0.05) is 26.0 Å². The normalized spacial score (nSPS) is 48.0. The van der Waals surface area contributed by atoms with Crippen LogP contribution in [0.25, 0.3) is 0 Å².